The van der Waals surface area contributed by atoms with E-state index in [1.807, 2.05) is 0 Å². The van der Waals surface area contributed by atoms with Gasteiger partial charge >= 0.3 is 5.97 Å². The second-order valence-corrected chi connectivity index (χ2v) is 4.13. The molecule has 0 aliphatic carbocycles. The minimum Gasteiger partial charge on any atom is -0.480 e. The van der Waals surface area contributed by atoms with E-state index < -0.39 is 24.2 Å². The molecule has 0 saturated heterocycles. The summed E-state index contributed by atoms with van der Waals surface area (Å²) in [6, 6.07) is 4.40. The zero-order valence-corrected chi connectivity index (χ0v) is 10.2. The van der Waals surface area contributed by atoms with Gasteiger partial charge in [-0.15, -0.1) is 0 Å². The van der Waals surface area contributed by atoms with Crippen molar-refractivity contribution in [2.75, 3.05) is 13.1 Å². The number of benzene rings is 1. The first-order valence-electron chi connectivity index (χ1n) is 5.05. The van der Waals surface area contributed by atoms with Gasteiger partial charge in [0, 0.05) is 12.1 Å². The molecular weight excluding hydrogens is 263 g/mol. The summed E-state index contributed by atoms with van der Waals surface area (Å²) in [5.41, 5.74) is 5.21. The summed E-state index contributed by atoms with van der Waals surface area (Å²) < 4.78 is 13.6. The minimum atomic E-state index is -1.13. The highest BCUT2D eigenvalue weighted by molar-refractivity contribution is 6.30. The first kappa shape index (κ1) is 14.4. The quantitative estimate of drug-likeness (QED) is 0.805. The van der Waals surface area contributed by atoms with Crippen molar-refractivity contribution < 1.29 is 19.1 Å². The van der Waals surface area contributed by atoms with Gasteiger partial charge in [0.25, 0.3) is 0 Å². The van der Waals surface area contributed by atoms with Gasteiger partial charge in [0.15, 0.2) is 0 Å². The highest BCUT2D eigenvalue weighted by Gasteiger charge is 2.15. The molecule has 1 aromatic rings. The summed E-state index contributed by atoms with van der Waals surface area (Å²) in [4.78, 5) is 22.6. The lowest BCUT2D eigenvalue weighted by Gasteiger charge is -2.18. The lowest BCUT2D eigenvalue weighted by molar-refractivity contribution is -0.138. The molecule has 1 amide bonds. The highest BCUT2D eigenvalue weighted by Crippen LogP contribution is 2.19. The van der Waals surface area contributed by atoms with Crippen molar-refractivity contribution in [3.8, 4) is 0 Å². The molecule has 0 aliphatic rings. The van der Waals surface area contributed by atoms with E-state index >= 15 is 0 Å². The predicted octanol–water partition coefficient (Wildman–Crippen LogP) is 0.851. The number of carbonyl (C=O) groups excluding carboxylic acids is 1. The number of aliphatic carboxylic acids is 1. The van der Waals surface area contributed by atoms with E-state index in [1.165, 1.54) is 17.0 Å². The Morgan fingerprint density at radius 3 is 2.61 bits per heavy atom. The van der Waals surface area contributed by atoms with Gasteiger partial charge in [-0.1, -0.05) is 23.7 Å². The number of rotatable bonds is 6. The molecule has 0 fully saturated rings. The Bertz CT molecular complexity index is 452. The molecule has 1 rings (SSSR count). The minimum absolute atomic E-state index is 0.0538. The van der Waals surface area contributed by atoms with Crippen LogP contribution in [0.1, 0.15) is 5.56 Å². The smallest absolute Gasteiger partial charge is 0.317 e. The van der Waals surface area contributed by atoms with Crippen LogP contribution in [0.2, 0.25) is 5.02 Å². The Labute approximate surface area is 108 Å². The Hall–Kier alpha value is -1.66. The van der Waals surface area contributed by atoms with E-state index in [9.17, 15) is 14.0 Å². The number of hydrogen-bond donors (Lipinski definition) is 2. The summed E-state index contributed by atoms with van der Waals surface area (Å²) in [6.07, 6.45) is 0. The van der Waals surface area contributed by atoms with Gasteiger partial charge in [-0.25, -0.2) is 4.39 Å². The molecule has 0 spiro atoms. The second kappa shape index (κ2) is 6.32. The fourth-order valence-corrected chi connectivity index (χ4v) is 1.68. The predicted molar refractivity (Wildman–Crippen MR) is 63.5 cm³/mol. The third kappa shape index (κ3) is 4.31. The standard InChI is InChI=1S/C11H12ClFN2O3/c12-8-3-1-2-7(11(8)13)4-15(5-9(14)16)6-10(17)18/h1-3H,4-6H2,(H2,14,16)(H,17,18). The first-order valence-corrected chi connectivity index (χ1v) is 5.43. The molecule has 18 heavy (non-hydrogen) atoms. The number of carboxylic acids is 1. The Morgan fingerprint density at radius 1 is 1.39 bits per heavy atom. The summed E-state index contributed by atoms with van der Waals surface area (Å²) in [6.45, 7) is -0.727. The van der Waals surface area contributed by atoms with Crippen LogP contribution in [0.25, 0.3) is 0 Å². The van der Waals surface area contributed by atoms with E-state index in [0.717, 1.165) is 0 Å². The molecule has 0 radical (unpaired) electrons. The number of amides is 1. The SMILES string of the molecule is NC(=O)CN(CC(=O)O)Cc1cccc(Cl)c1F. The van der Waals surface area contributed by atoms with Crippen LogP contribution in [0.3, 0.4) is 0 Å². The summed E-state index contributed by atoms with van der Waals surface area (Å²) in [5, 5.41) is 8.63. The molecule has 0 aliphatic heterocycles. The largest absolute Gasteiger partial charge is 0.480 e. The zero-order valence-electron chi connectivity index (χ0n) is 9.40. The number of halogens is 2. The van der Waals surface area contributed by atoms with Crippen LogP contribution in [0, 0.1) is 5.82 Å². The van der Waals surface area contributed by atoms with E-state index in [2.05, 4.69) is 0 Å². The van der Waals surface area contributed by atoms with Gasteiger partial charge in [0.05, 0.1) is 18.1 Å². The molecule has 5 nitrogen and oxygen atoms in total. The van der Waals surface area contributed by atoms with Gasteiger partial charge in [-0.3, -0.25) is 14.5 Å². The van der Waals surface area contributed by atoms with Gasteiger partial charge in [0.2, 0.25) is 5.91 Å². The fraction of sp³-hybridized carbons (Fsp3) is 0.273. The zero-order chi connectivity index (χ0) is 13.7. The Balaban J connectivity index is 2.84. The second-order valence-electron chi connectivity index (χ2n) is 3.72. The number of hydrogen-bond acceptors (Lipinski definition) is 3. The van der Waals surface area contributed by atoms with Crippen molar-refractivity contribution >= 4 is 23.5 Å². The van der Waals surface area contributed by atoms with E-state index in [0.29, 0.717) is 0 Å². The lowest BCUT2D eigenvalue weighted by Crippen LogP contribution is -2.37. The molecule has 0 unspecified atom stereocenters. The van der Waals surface area contributed by atoms with Gasteiger partial charge in [0.1, 0.15) is 5.82 Å². The van der Waals surface area contributed by atoms with E-state index in [-0.39, 0.29) is 23.7 Å². The molecular formula is C11H12ClFN2O3. The van der Waals surface area contributed by atoms with Crippen molar-refractivity contribution in [2.24, 2.45) is 5.73 Å². The van der Waals surface area contributed by atoms with Crippen LogP contribution in [-0.2, 0) is 16.1 Å². The van der Waals surface area contributed by atoms with Gasteiger partial charge < -0.3 is 10.8 Å². The van der Waals surface area contributed by atoms with E-state index in [4.69, 9.17) is 22.4 Å². The van der Waals surface area contributed by atoms with Crippen molar-refractivity contribution in [1.82, 2.24) is 4.90 Å². The third-order valence-corrected chi connectivity index (χ3v) is 2.46. The Kier molecular flexibility index (Phi) is 5.06. The van der Waals surface area contributed by atoms with Crippen molar-refractivity contribution in [1.29, 1.82) is 0 Å². The van der Waals surface area contributed by atoms with Gasteiger partial charge in [-0.2, -0.15) is 0 Å². The van der Waals surface area contributed by atoms with Crippen LogP contribution in [0.4, 0.5) is 4.39 Å². The van der Waals surface area contributed by atoms with Crippen molar-refractivity contribution in [3.63, 3.8) is 0 Å². The summed E-state index contributed by atoms with van der Waals surface area (Å²) >= 11 is 5.61. The molecule has 0 aromatic heterocycles. The number of carboxylic acid groups (broad SMARTS) is 1. The summed E-state index contributed by atoms with van der Waals surface area (Å²) in [7, 11) is 0. The average Bonchev–Trinajstić information content (AvgIpc) is 2.23. The Morgan fingerprint density at radius 2 is 2.06 bits per heavy atom. The number of nitrogens with two attached hydrogens (primary N) is 1. The van der Waals surface area contributed by atoms with Crippen LogP contribution in [0.5, 0.6) is 0 Å². The van der Waals surface area contributed by atoms with Crippen LogP contribution in [0.15, 0.2) is 18.2 Å². The van der Waals surface area contributed by atoms with Crippen molar-refractivity contribution in [3.05, 3.63) is 34.6 Å². The molecule has 7 heteroatoms. The molecule has 1 aromatic carbocycles. The molecule has 0 heterocycles. The molecule has 0 atom stereocenters. The lowest BCUT2D eigenvalue weighted by atomic mass is 10.2. The maximum absolute atomic E-state index is 13.6. The fourth-order valence-electron chi connectivity index (χ4n) is 1.49. The van der Waals surface area contributed by atoms with Crippen LogP contribution < -0.4 is 5.73 Å². The highest BCUT2D eigenvalue weighted by atomic mass is 35.5. The average molecular weight is 275 g/mol. The molecule has 3 N–H and O–H groups in total. The van der Waals surface area contributed by atoms with Gasteiger partial charge in [-0.05, 0) is 6.07 Å². The van der Waals surface area contributed by atoms with Crippen LogP contribution >= 0.6 is 11.6 Å². The number of nitrogens with zero attached hydrogens (tertiary/aromatic N) is 1. The third-order valence-electron chi connectivity index (χ3n) is 2.16. The molecule has 0 bridgehead atoms. The monoisotopic (exact) mass is 274 g/mol. The first-order chi connectivity index (χ1) is 8.40. The number of primary amides is 1. The number of carbonyl (C=O) groups is 2. The van der Waals surface area contributed by atoms with Crippen LogP contribution in [-0.4, -0.2) is 35.0 Å². The van der Waals surface area contributed by atoms with Crippen molar-refractivity contribution in [2.45, 2.75) is 6.54 Å². The topological polar surface area (TPSA) is 83.6 Å². The van der Waals surface area contributed by atoms with E-state index in [1.54, 1.807) is 6.07 Å². The maximum atomic E-state index is 13.6. The molecule has 0 saturated carbocycles. The normalized spacial score (nSPS) is 10.6. The maximum Gasteiger partial charge on any atom is 0.317 e. The molecule has 98 valence electrons. The summed E-state index contributed by atoms with van der Waals surface area (Å²) in [5.74, 6) is -2.43.